The number of aromatic nitrogens is 1. The molecule has 1 heterocycles. The maximum atomic E-state index is 12.4. The third-order valence-electron chi connectivity index (χ3n) is 3.82. The van der Waals surface area contributed by atoms with Crippen molar-refractivity contribution in [3.05, 3.63) is 24.0 Å². The molecule has 1 amide bonds. The number of hydrogen-bond acceptors (Lipinski definition) is 3. The van der Waals surface area contributed by atoms with Crippen molar-refractivity contribution < 1.29 is 4.79 Å². The van der Waals surface area contributed by atoms with Gasteiger partial charge in [-0.2, -0.15) is 0 Å². The third-order valence-corrected chi connectivity index (χ3v) is 3.82. The van der Waals surface area contributed by atoms with Crippen molar-refractivity contribution in [2.75, 3.05) is 11.9 Å². The zero-order valence-corrected chi connectivity index (χ0v) is 12.3. The standard InChI is InChI=1S/C16H25N3O/c1-2-10-18-15-9-11-17-12-14(15)16(20)19-13-7-5-3-4-6-8-13/h9,11-13H,2-8,10H2,1H3,(H,17,18)(H,19,20). The first-order valence-electron chi connectivity index (χ1n) is 7.80. The van der Waals surface area contributed by atoms with Gasteiger partial charge < -0.3 is 10.6 Å². The highest BCUT2D eigenvalue weighted by Crippen LogP contribution is 2.19. The fourth-order valence-electron chi connectivity index (χ4n) is 2.68. The van der Waals surface area contributed by atoms with Gasteiger partial charge in [0.1, 0.15) is 0 Å². The quantitative estimate of drug-likeness (QED) is 0.810. The van der Waals surface area contributed by atoms with Crippen molar-refractivity contribution in [2.24, 2.45) is 0 Å². The summed E-state index contributed by atoms with van der Waals surface area (Å²) in [5, 5.41) is 6.47. The largest absolute Gasteiger partial charge is 0.384 e. The topological polar surface area (TPSA) is 54.0 Å². The molecule has 0 spiro atoms. The SMILES string of the molecule is CCCNc1ccncc1C(=O)NC1CCCCCC1. The summed E-state index contributed by atoms with van der Waals surface area (Å²) in [4.78, 5) is 16.5. The molecular formula is C16H25N3O. The first-order valence-corrected chi connectivity index (χ1v) is 7.80. The van der Waals surface area contributed by atoms with Crippen LogP contribution in [0.3, 0.4) is 0 Å². The van der Waals surface area contributed by atoms with Crippen LogP contribution in [0.25, 0.3) is 0 Å². The minimum atomic E-state index is 0.00334. The molecule has 1 fully saturated rings. The second-order valence-electron chi connectivity index (χ2n) is 5.51. The van der Waals surface area contributed by atoms with Crippen LogP contribution < -0.4 is 10.6 Å². The average Bonchev–Trinajstić information content (AvgIpc) is 2.74. The van der Waals surface area contributed by atoms with Crippen LogP contribution in [0.4, 0.5) is 5.69 Å². The Kier molecular flexibility index (Phi) is 5.84. The van der Waals surface area contributed by atoms with Gasteiger partial charge in [-0.15, -0.1) is 0 Å². The molecule has 1 aliphatic carbocycles. The van der Waals surface area contributed by atoms with E-state index in [1.165, 1.54) is 25.7 Å². The molecule has 1 aliphatic rings. The predicted octanol–water partition coefficient (Wildman–Crippen LogP) is 3.36. The molecule has 0 bridgehead atoms. The lowest BCUT2D eigenvalue weighted by Crippen LogP contribution is -2.34. The lowest BCUT2D eigenvalue weighted by atomic mass is 10.1. The van der Waals surface area contributed by atoms with E-state index in [9.17, 15) is 4.79 Å². The Bertz CT molecular complexity index is 425. The molecule has 2 N–H and O–H groups in total. The summed E-state index contributed by atoms with van der Waals surface area (Å²) >= 11 is 0. The van der Waals surface area contributed by atoms with Crippen molar-refractivity contribution in [1.29, 1.82) is 0 Å². The first-order chi connectivity index (χ1) is 9.81. The maximum absolute atomic E-state index is 12.4. The number of carbonyl (C=O) groups is 1. The molecular weight excluding hydrogens is 250 g/mol. The van der Waals surface area contributed by atoms with Crippen molar-refractivity contribution >= 4 is 11.6 Å². The fraction of sp³-hybridized carbons (Fsp3) is 0.625. The zero-order valence-electron chi connectivity index (χ0n) is 12.3. The van der Waals surface area contributed by atoms with E-state index in [0.29, 0.717) is 11.6 Å². The molecule has 1 saturated carbocycles. The summed E-state index contributed by atoms with van der Waals surface area (Å²) in [6, 6.07) is 2.20. The number of amides is 1. The minimum absolute atomic E-state index is 0.00334. The molecule has 0 atom stereocenters. The highest BCUT2D eigenvalue weighted by molar-refractivity contribution is 5.99. The fourth-order valence-corrected chi connectivity index (χ4v) is 2.68. The molecule has 0 saturated heterocycles. The van der Waals surface area contributed by atoms with Crippen molar-refractivity contribution in [1.82, 2.24) is 10.3 Å². The van der Waals surface area contributed by atoms with Gasteiger partial charge in [-0.25, -0.2) is 0 Å². The van der Waals surface area contributed by atoms with Crippen LogP contribution in [0.1, 0.15) is 62.2 Å². The molecule has 110 valence electrons. The Labute approximate surface area is 121 Å². The van der Waals surface area contributed by atoms with Crippen LogP contribution in [-0.4, -0.2) is 23.5 Å². The monoisotopic (exact) mass is 275 g/mol. The molecule has 0 aromatic carbocycles. The number of nitrogens with zero attached hydrogens (tertiary/aromatic N) is 1. The summed E-state index contributed by atoms with van der Waals surface area (Å²) in [7, 11) is 0. The maximum Gasteiger partial charge on any atom is 0.255 e. The highest BCUT2D eigenvalue weighted by atomic mass is 16.1. The lowest BCUT2D eigenvalue weighted by Gasteiger charge is -2.17. The predicted molar refractivity (Wildman–Crippen MR) is 82.0 cm³/mol. The summed E-state index contributed by atoms with van der Waals surface area (Å²) in [6.07, 6.45) is 11.6. The number of nitrogens with one attached hydrogen (secondary N) is 2. The van der Waals surface area contributed by atoms with Crippen LogP contribution in [0.15, 0.2) is 18.5 Å². The van der Waals surface area contributed by atoms with Gasteiger partial charge in [0.15, 0.2) is 0 Å². The number of pyridine rings is 1. The third kappa shape index (κ3) is 4.22. The second kappa shape index (κ2) is 7.88. The van der Waals surface area contributed by atoms with E-state index in [0.717, 1.165) is 31.5 Å². The Hall–Kier alpha value is -1.58. The van der Waals surface area contributed by atoms with Gasteiger partial charge in [0.25, 0.3) is 5.91 Å². The van der Waals surface area contributed by atoms with E-state index in [4.69, 9.17) is 0 Å². The van der Waals surface area contributed by atoms with Crippen molar-refractivity contribution in [3.63, 3.8) is 0 Å². The molecule has 4 heteroatoms. The van der Waals surface area contributed by atoms with Crippen LogP contribution in [-0.2, 0) is 0 Å². The van der Waals surface area contributed by atoms with Crippen LogP contribution in [0.5, 0.6) is 0 Å². The Morgan fingerprint density at radius 2 is 2.05 bits per heavy atom. The van der Waals surface area contributed by atoms with Gasteiger partial charge in [0.2, 0.25) is 0 Å². The summed E-state index contributed by atoms with van der Waals surface area (Å²) in [5.41, 5.74) is 1.54. The average molecular weight is 275 g/mol. The van der Waals surface area contributed by atoms with Crippen molar-refractivity contribution in [3.8, 4) is 0 Å². The summed E-state index contributed by atoms with van der Waals surface area (Å²) in [5.74, 6) is 0.00334. The normalized spacial score (nSPS) is 16.4. The molecule has 0 radical (unpaired) electrons. The Morgan fingerprint density at radius 3 is 2.75 bits per heavy atom. The van der Waals surface area contributed by atoms with E-state index in [-0.39, 0.29) is 5.91 Å². The molecule has 0 aliphatic heterocycles. The van der Waals surface area contributed by atoms with Crippen LogP contribution in [0, 0.1) is 0 Å². The molecule has 0 unspecified atom stereocenters. The lowest BCUT2D eigenvalue weighted by molar-refractivity contribution is 0.0934. The van der Waals surface area contributed by atoms with Gasteiger partial charge in [-0.05, 0) is 25.3 Å². The van der Waals surface area contributed by atoms with E-state index >= 15 is 0 Å². The van der Waals surface area contributed by atoms with E-state index < -0.39 is 0 Å². The van der Waals surface area contributed by atoms with Crippen molar-refractivity contribution in [2.45, 2.75) is 57.9 Å². The van der Waals surface area contributed by atoms with Gasteiger partial charge in [-0.1, -0.05) is 32.6 Å². The van der Waals surface area contributed by atoms with Gasteiger partial charge in [-0.3, -0.25) is 9.78 Å². The van der Waals surface area contributed by atoms with E-state index in [2.05, 4.69) is 22.5 Å². The number of anilines is 1. The number of carbonyl (C=O) groups excluding carboxylic acids is 1. The smallest absolute Gasteiger partial charge is 0.255 e. The van der Waals surface area contributed by atoms with Gasteiger partial charge >= 0.3 is 0 Å². The second-order valence-corrected chi connectivity index (χ2v) is 5.51. The van der Waals surface area contributed by atoms with Gasteiger partial charge in [0, 0.05) is 25.0 Å². The minimum Gasteiger partial charge on any atom is -0.384 e. The summed E-state index contributed by atoms with van der Waals surface area (Å²) < 4.78 is 0. The number of hydrogen-bond donors (Lipinski definition) is 2. The van der Waals surface area contributed by atoms with Crippen LogP contribution >= 0.6 is 0 Å². The first kappa shape index (κ1) is 14.8. The molecule has 20 heavy (non-hydrogen) atoms. The van der Waals surface area contributed by atoms with E-state index in [1.807, 2.05) is 6.07 Å². The zero-order chi connectivity index (χ0) is 14.2. The van der Waals surface area contributed by atoms with Crippen LogP contribution in [0.2, 0.25) is 0 Å². The Balaban J connectivity index is 2.00. The Morgan fingerprint density at radius 1 is 1.30 bits per heavy atom. The van der Waals surface area contributed by atoms with Gasteiger partial charge in [0.05, 0.1) is 11.3 Å². The molecule has 4 nitrogen and oxygen atoms in total. The molecule has 1 aromatic heterocycles. The molecule has 2 rings (SSSR count). The highest BCUT2D eigenvalue weighted by Gasteiger charge is 2.17. The summed E-state index contributed by atoms with van der Waals surface area (Å²) in [6.45, 7) is 2.98. The number of rotatable bonds is 5. The molecule has 1 aromatic rings. The van der Waals surface area contributed by atoms with E-state index in [1.54, 1.807) is 12.4 Å².